The van der Waals surface area contributed by atoms with Gasteiger partial charge in [0.1, 0.15) is 0 Å². The van der Waals surface area contributed by atoms with Gasteiger partial charge < -0.3 is 10.0 Å². The second-order valence-corrected chi connectivity index (χ2v) is 9.65. The van der Waals surface area contributed by atoms with Crippen LogP contribution < -0.4 is 10.7 Å². The Morgan fingerprint density at radius 2 is 1.84 bits per heavy atom. The summed E-state index contributed by atoms with van der Waals surface area (Å²) in [7, 11) is 0. The molecule has 2 heterocycles. The van der Waals surface area contributed by atoms with Crippen LogP contribution in [0.4, 0.5) is 0 Å². The number of aromatic nitrogens is 2. The lowest BCUT2D eigenvalue weighted by molar-refractivity contribution is -0.138. The van der Waals surface area contributed by atoms with E-state index < -0.39 is 5.97 Å². The Morgan fingerprint density at radius 3 is 2.59 bits per heavy atom. The Labute approximate surface area is 215 Å². The molecule has 1 aliphatic heterocycles. The van der Waals surface area contributed by atoms with Crippen molar-refractivity contribution in [3.63, 3.8) is 0 Å². The molecule has 1 saturated heterocycles. The molecule has 2 aromatic carbocycles. The first kappa shape index (κ1) is 24.4. The van der Waals surface area contributed by atoms with Crippen LogP contribution in [-0.2, 0) is 16.0 Å². The number of likely N-dealkylation sites (tertiary alicyclic amines) is 1. The minimum Gasteiger partial charge on any atom is -0.481 e. The molecule has 1 aromatic heterocycles. The molecule has 3 aromatic rings. The number of unbranched alkanes of at least 4 members (excludes halogenated alkanes) is 1. The molecular formula is C30H28N4O3. The Morgan fingerprint density at radius 1 is 1.03 bits per heavy atom. The van der Waals surface area contributed by atoms with E-state index in [9.17, 15) is 9.59 Å². The van der Waals surface area contributed by atoms with Crippen LogP contribution in [-0.4, -0.2) is 44.9 Å². The standard InChI is InChI=1S/C30H28N4O3/c31-17-20-7-6-10-22(15-20)24-18-34(19-24)30(37)23-13-14-25-27(16-23)32-26(11-4-5-12-28(35)36)29(33-25)21-8-2-1-3-9-21/h1-3,6-10,14-16,23-24H,4-5,11-13,18-19H2,(H,35,36). The molecule has 2 aliphatic rings. The molecule has 7 nitrogen and oxygen atoms in total. The van der Waals surface area contributed by atoms with Crippen molar-refractivity contribution in [2.75, 3.05) is 13.1 Å². The average Bonchev–Trinajstić information content (AvgIpc) is 2.90. The lowest BCUT2D eigenvalue weighted by Crippen LogP contribution is -2.51. The molecule has 1 unspecified atom stereocenters. The third kappa shape index (κ3) is 5.44. The largest absolute Gasteiger partial charge is 0.481 e. The van der Waals surface area contributed by atoms with Gasteiger partial charge in [-0.2, -0.15) is 5.26 Å². The van der Waals surface area contributed by atoms with E-state index in [1.54, 1.807) is 6.07 Å². The van der Waals surface area contributed by atoms with Crippen molar-refractivity contribution >= 4 is 24.0 Å². The molecule has 1 fully saturated rings. The number of benzene rings is 2. The number of amides is 1. The van der Waals surface area contributed by atoms with Crippen LogP contribution in [0.5, 0.6) is 0 Å². The summed E-state index contributed by atoms with van der Waals surface area (Å²) in [6.07, 6.45) is 6.55. The summed E-state index contributed by atoms with van der Waals surface area (Å²) in [5.74, 6) is -0.736. The zero-order chi connectivity index (χ0) is 25.8. The number of hydrogen-bond donors (Lipinski definition) is 1. The zero-order valence-electron chi connectivity index (χ0n) is 20.5. The summed E-state index contributed by atoms with van der Waals surface area (Å²) in [5.41, 5.74) is 4.36. The summed E-state index contributed by atoms with van der Waals surface area (Å²) >= 11 is 0. The van der Waals surface area contributed by atoms with E-state index in [-0.39, 0.29) is 24.2 Å². The molecular weight excluding hydrogens is 464 g/mol. The fourth-order valence-corrected chi connectivity index (χ4v) is 4.98. The van der Waals surface area contributed by atoms with Gasteiger partial charge in [0.15, 0.2) is 0 Å². The number of carboxylic acids is 1. The zero-order valence-corrected chi connectivity index (χ0v) is 20.5. The fourth-order valence-electron chi connectivity index (χ4n) is 4.98. The van der Waals surface area contributed by atoms with Crippen molar-refractivity contribution in [3.05, 3.63) is 82.1 Å². The SMILES string of the molecule is N#Cc1cccc(C2CN(C(=O)C3C=c4nc(CCCCC(=O)O)c(-c5ccccc5)nc4=CC3)C2)c1. The number of fused-ring (bicyclic) bond motifs is 1. The number of aliphatic carboxylic acids is 1. The van der Waals surface area contributed by atoms with E-state index in [0.29, 0.717) is 44.3 Å². The van der Waals surface area contributed by atoms with Crippen LogP contribution in [0.2, 0.25) is 0 Å². The van der Waals surface area contributed by atoms with Crippen LogP contribution in [0.15, 0.2) is 54.6 Å². The molecule has 37 heavy (non-hydrogen) atoms. The number of aryl methyl sites for hydroxylation is 1. The van der Waals surface area contributed by atoms with E-state index in [1.807, 2.05) is 65.6 Å². The topological polar surface area (TPSA) is 107 Å². The normalized spacial score (nSPS) is 16.5. The number of carboxylic acid groups (broad SMARTS) is 1. The maximum absolute atomic E-state index is 13.3. The van der Waals surface area contributed by atoms with Gasteiger partial charge in [0, 0.05) is 31.0 Å². The van der Waals surface area contributed by atoms with Crippen LogP contribution in [0.1, 0.15) is 48.4 Å². The van der Waals surface area contributed by atoms with Gasteiger partial charge >= 0.3 is 5.97 Å². The van der Waals surface area contributed by atoms with Gasteiger partial charge in [-0.05, 0) is 49.5 Å². The van der Waals surface area contributed by atoms with E-state index >= 15 is 0 Å². The predicted molar refractivity (Wildman–Crippen MR) is 139 cm³/mol. The van der Waals surface area contributed by atoms with Crippen molar-refractivity contribution in [1.29, 1.82) is 5.26 Å². The fraction of sp³-hybridized carbons (Fsp3) is 0.300. The van der Waals surface area contributed by atoms with E-state index in [4.69, 9.17) is 20.3 Å². The number of nitrogens with zero attached hydrogens (tertiary/aromatic N) is 4. The highest BCUT2D eigenvalue weighted by atomic mass is 16.4. The lowest BCUT2D eigenvalue weighted by atomic mass is 9.88. The first-order chi connectivity index (χ1) is 18.0. The summed E-state index contributed by atoms with van der Waals surface area (Å²) in [6, 6.07) is 19.7. The number of hydrogen-bond acceptors (Lipinski definition) is 5. The van der Waals surface area contributed by atoms with Crippen molar-refractivity contribution in [3.8, 4) is 17.3 Å². The molecule has 0 spiro atoms. The van der Waals surface area contributed by atoms with Crippen LogP contribution in [0, 0.1) is 17.2 Å². The smallest absolute Gasteiger partial charge is 0.303 e. The highest BCUT2D eigenvalue weighted by molar-refractivity contribution is 5.86. The molecule has 0 radical (unpaired) electrons. The van der Waals surface area contributed by atoms with Crippen LogP contribution in [0.25, 0.3) is 23.4 Å². The predicted octanol–water partition coefficient (Wildman–Crippen LogP) is 3.02. The Hall–Kier alpha value is -4.31. The van der Waals surface area contributed by atoms with Gasteiger partial charge in [-0.1, -0.05) is 48.5 Å². The summed E-state index contributed by atoms with van der Waals surface area (Å²) in [6.45, 7) is 1.30. The summed E-state index contributed by atoms with van der Waals surface area (Å²) < 4.78 is 0. The van der Waals surface area contributed by atoms with Crippen molar-refractivity contribution < 1.29 is 14.7 Å². The average molecular weight is 493 g/mol. The molecule has 7 heteroatoms. The van der Waals surface area contributed by atoms with Gasteiger partial charge in [-0.25, -0.2) is 9.97 Å². The van der Waals surface area contributed by atoms with E-state index in [2.05, 4.69) is 6.07 Å². The first-order valence-electron chi connectivity index (χ1n) is 12.7. The molecule has 0 bridgehead atoms. The Balaban J connectivity index is 1.34. The van der Waals surface area contributed by atoms with Gasteiger partial charge in [0.2, 0.25) is 5.91 Å². The molecule has 1 amide bonds. The van der Waals surface area contributed by atoms with Crippen molar-refractivity contribution in [2.24, 2.45) is 5.92 Å². The third-order valence-electron chi connectivity index (χ3n) is 7.05. The minimum absolute atomic E-state index is 0.0894. The summed E-state index contributed by atoms with van der Waals surface area (Å²) in [4.78, 5) is 35.9. The molecule has 1 aliphatic carbocycles. The van der Waals surface area contributed by atoms with Crippen molar-refractivity contribution in [2.45, 2.75) is 38.0 Å². The second-order valence-electron chi connectivity index (χ2n) is 9.65. The molecule has 186 valence electrons. The number of carbonyl (C=O) groups is 2. The van der Waals surface area contributed by atoms with E-state index in [0.717, 1.165) is 33.2 Å². The van der Waals surface area contributed by atoms with Crippen LogP contribution >= 0.6 is 0 Å². The quantitative estimate of drug-likeness (QED) is 0.485. The molecule has 1 atom stereocenters. The van der Waals surface area contributed by atoms with E-state index in [1.165, 1.54) is 0 Å². The van der Waals surface area contributed by atoms with Gasteiger partial charge in [-0.15, -0.1) is 0 Å². The third-order valence-corrected chi connectivity index (χ3v) is 7.05. The highest BCUT2D eigenvalue weighted by Crippen LogP contribution is 2.30. The monoisotopic (exact) mass is 492 g/mol. The molecule has 1 N–H and O–H groups in total. The van der Waals surface area contributed by atoms with Crippen molar-refractivity contribution in [1.82, 2.24) is 14.9 Å². The van der Waals surface area contributed by atoms with Crippen LogP contribution in [0.3, 0.4) is 0 Å². The maximum Gasteiger partial charge on any atom is 0.303 e. The Kier molecular flexibility index (Phi) is 7.09. The highest BCUT2D eigenvalue weighted by Gasteiger charge is 2.35. The maximum atomic E-state index is 13.3. The molecule has 0 saturated carbocycles. The van der Waals surface area contributed by atoms with Gasteiger partial charge in [0.05, 0.1) is 39.6 Å². The van der Waals surface area contributed by atoms with Gasteiger partial charge in [-0.3, -0.25) is 9.59 Å². The summed E-state index contributed by atoms with van der Waals surface area (Å²) in [5, 5.41) is 19.6. The lowest BCUT2D eigenvalue weighted by Gasteiger charge is -2.41. The van der Waals surface area contributed by atoms with Gasteiger partial charge in [0.25, 0.3) is 0 Å². The number of rotatable bonds is 8. The Bertz CT molecular complexity index is 1490. The number of nitriles is 1. The second kappa shape index (κ2) is 10.8. The first-order valence-corrected chi connectivity index (χ1v) is 12.7. The molecule has 5 rings (SSSR count). The minimum atomic E-state index is -0.796. The number of carbonyl (C=O) groups excluding carboxylic acids is 1.